The molecule has 1 aromatic heterocycles. The zero-order valence-corrected chi connectivity index (χ0v) is 15.4. The van der Waals surface area contributed by atoms with Crippen molar-refractivity contribution in [1.82, 2.24) is 9.97 Å². The predicted octanol–water partition coefficient (Wildman–Crippen LogP) is 4.30. The van der Waals surface area contributed by atoms with Crippen molar-refractivity contribution in [3.8, 4) is 34.3 Å². The minimum absolute atomic E-state index is 0.448. The first kappa shape index (κ1) is 17.7. The number of methoxy groups -OCH3 is 1. The molecule has 0 saturated carbocycles. The number of nitrogens with zero attached hydrogens (tertiary/aromatic N) is 3. The molecule has 2 N–H and O–H groups in total. The van der Waals surface area contributed by atoms with Gasteiger partial charge >= 0.3 is 0 Å². The van der Waals surface area contributed by atoms with Gasteiger partial charge in [0.2, 0.25) is 0 Å². The Balaban J connectivity index is 1.95. The molecule has 0 fully saturated rings. The van der Waals surface area contributed by atoms with Crippen LogP contribution >= 0.6 is 0 Å². The van der Waals surface area contributed by atoms with E-state index in [4.69, 9.17) is 25.7 Å². The average Bonchev–Trinajstić information content (AvgIpc) is 2.78. The van der Waals surface area contributed by atoms with Gasteiger partial charge in [-0.25, -0.2) is 9.97 Å². The summed E-state index contributed by atoms with van der Waals surface area (Å²) in [5, 5.41) is 9.08. The lowest BCUT2D eigenvalue weighted by Crippen LogP contribution is -1.99. The summed E-state index contributed by atoms with van der Waals surface area (Å²) in [5.74, 6) is 0.782. The van der Waals surface area contributed by atoms with Crippen LogP contribution in [0.15, 0.2) is 66.7 Å². The van der Waals surface area contributed by atoms with Crippen LogP contribution < -0.4 is 10.5 Å². The predicted molar refractivity (Wildman–Crippen MR) is 110 cm³/mol. The summed E-state index contributed by atoms with van der Waals surface area (Å²) in [6.07, 6.45) is 0. The zero-order valence-electron chi connectivity index (χ0n) is 15.4. The fourth-order valence-corrected chi connectivity index (χ4v) is 3.08. The fraction of sp³-hybridized carbons (Fsp3) is 0.0870. The molecule has 0 radical (unpaired) electrons. The first-order chi connectivity index (χ1) is 13.7. The van der Waals surface area contributed by atoms with Crippen LogP contribution in [-0.4, -0.2) is 17.1 Å². The first-order valence-electron chi connectivity index (χ1n) is 8.87. The third kappa shape index (κ3) is 3.29. The molecule has 0 aliphatic rings. The van der Waals surface area contributed by atoms with Gasteiger partial charge in [0.1, 0.15) is 5.75 Å². The van der Waals surface area contributed by atoms with E-state index in [1.54, 1.807) is 19.2 Å². The molecule has 0 amide bonds. The number of benzene rings is 3. The number of hydrogen-bond acceptors (Lipinski definition) is 5. The van der Waals surface area contributed by atoms with E-state index in [2.05, 4.69) is 6.07 Å². The van der Waals surface area contributed by atoms with Gasteiger partial charge in [-0.1, -0.05) is 18.2 Å². The maximum absolute atomic E-state index is 9.08. The molecule has 5 heteroatoms. The summed E-state index contributed by atoms with van der Waals surface area (Å²) in [6, 6.07) is 23.1. The Morgan fingerprint density at radius 3 is 2.04 bits per heavy atom. The Morgan fingerprint density at radius 1 is 0.857 bits per heavy atom. The van der Waals surface area contributed by atoms with E-state index in [1.165, 1.54) is 0 Å². The van der Waals surface area contributed by atoms with E-state index >= 15 is 0 Å². The molecule has 3 aromatic carbocycles. The third-order valence-electron chi connectivity index (χ3n) is 4.62. The van der Waals surface area contributed by atoms with Crippen LogP contribution in [0, 0.1) is 11.3 Å². The highest BCUT2D eigenvalue weighted by Crippen LogP contribution is 2.32. The van der Waals surface area contributed by atoms with Crippen molar-refractivity contribution in [3.05, 3.63) is 77.9 Å². The van der Waals surface area contributed by atoms with Crippen molar-refractivity contribution in [2.75, 3.05) is 7.11 Å². The first-order valence-corrected chi connectivity index (χ1v) is 8.87. The van der Waals surface area contributed by atoms with Gasteiger partial charge < -0.3 is 10.5 Å². The van der Waals surface area contributed by atoms with Gasteiger partial charge in [-0.05, 0) is 54.1 Å². The summed E-state index contributed by atoms with van der Waals surface area (Å²) in [4.78, 5) is 9.78. The SMILES string of the molecule is COc1ccc(-c2nc3ccc(CN)cc3nc2-c2ccc(C#N)cc2)cc1. The van der Waals surface area contributed by atoms with Crippen LogP contribution in [0.5, 0.6) is 5.75 Å². The largest absolute Gasteiger partial charge is 0.497 e. The highest BCUT2D eigenvalue weighted by Gasteiger charge is 2.14. The molecule has 0 unspecified atom stereocenters. The Hall–Kier alpha value is -3.75. The van der Waals surface area contributed by atoms with E-state index in [-0.39, 0.29) is 0 Å². The lowest BCUT2D eigenvalue weighted by Gasteiger charge is -2.12. The number of fused-ring (bicyclic) bond motifs is 1. The van der Waals surface area contributed by atoms with Crippen LogP contribution in [0.4, 0.5) is 0 Å². The molecule has 0 bridgehead atoms. The quantitative estimate of drug-likeness (QED) is 0.582. The van der Waals surface area contributed by atoms with Crippen LogP contribution in [-0.2, 0) is 6.54 Å². The van der Waals surface area contributed by atoms with E-state index in [9.17, 15) is 0 Å². The van der Waals surface area contributed by atoms with Crippen LogP contribution in [0.25, 0.3) is 33.5 Å². The molecule has 0 saturated heterocycles. The van der Waals surface area contributed by atoms with Gasteiger partial charge in [0, 0.05) is 17.7 Å². The summed E-state index contributed by atoms with van der Waals surface area (Å²) in [6.45, 7) is 0.448. The van der Waals surface area contributed by atoms with Gasteiger partial charge in [-0.2, -0.15) is 5.26 Å². The molecule has 4 rings (SSSR count). The third-order valence-corrected chi connectivity index (χ3v) is 4.62. The molecule has 0 aliphatic carbocycles. The van der Waals surface area contributed by atoms with Gasteiger partial charge in [0.25, 0.3) is 0 Å². The molecule has 5 nitrogen and oxygen atoms in total. The number of rotatable bonds is 4. The fourth-order valence-electron chi connectivity index (χ4n) is 3.08. The smallest absolute Gasteiger partial charge is 0.118 e. The van der Waals surface area contributed by atoms with Crippen LogP contribution in [0.2, 0.25) is 0 Å². The molecule has 4 aromatic rings. The highest BCUT2D eigenvalue weighted by molar-refractivity contribution is 5.86. The lowest BCUT2D eigenvalue weighted by molar-refractivity contribution is 0.415. The second kappa shape index (κ2) is 7.47. The molecule has 28 heavy (non-hydrogen) atoms. The number of hydrogen-bond donors (Lipinski definition) is 1. The zero-order chi connectivity index (χ0) is 19.5. The summed E-state index contributed by atoms with van der Waals surface area (Å²) in [5.41, 5.74) is 12.4. The van der Waals surface area contributed by atoms with Crippen molar-refractivity contribution in [3.63, 3.8) is 0 Å². The Kier molecular flexibility index (Phi) is 4.71. The van der Waals surface area contributed by atoms with Crippen LogP contribution in [0.3, 0.4) is 0 Å². The molecule has 0 aliphatic heterocycles. The Morgan fingerprint density at radius 2 is 1.46 bits per heavy atom. The number of nitriles is 1. The Labute approximate surface area is 163 Å². The molecule has 0 spiro atoms. The topological polar surface area (TPSA) is 84.8 Å². The average molecular weight is 366 g/mol. The summed E-state index contributed by atoms with van der Waals surface area (Å²) < 4.78 is 5.26. The Bertz CT molecular complexity index is 1180. The second-order valence-electron chi connectivity index (χ2n) is 6.37. The van der Waals surface area contributed by atoms with Crippen molar-refractivity contribution < 1.29 is 4.74 Å². The number of ether oxygens (including phenoxy) is 1. The normalized spacial score (nSPS) is 10.6. The maximum Gasteiger partial charge on any atom is 0.118 e. The molecule has 136 valence electrons. The van der Waals surface area contributed by atoms with Crippen molar-refractivity contribution in [2.45, 2.75) is 6.54 Å². The summed E-state index contributed by atoms with van der Waals surface area (Å²) in [7, 11) is 1.64. The van der Waals surface area contributed by atoms with Gasteiger partial charge in [0.05, 0.1) is 41.2 Å². The maximum atomic E-state index is 9.08. The van der Waals surface area contributed by atoms with Gasteiger partial charge in [-0.3, -0.25) is 0 Å². The van der Waals surface area contributed by atoms with E-state index in [1.807, 2.05) is 54.6 Å². The molecule has 0 atom stereocenters. The molecular formula is C23H18N4O. The van der Waals surface area contributed by atoms with Gasteiger partial charge in [-0.15, -0.1) is 0 Å². The lowest BCUT2D eigenvalue weighted by atomic mass is 10.0. The highest BCUT2D eigenvalue weighted by atomic mass is 16.5. The monoisotopic (exact) mass is 366 g/mol. The molecule has 1 heterocycles. The minimum atomic E-state index is 0.448. The van der Waals surface area contributed by atoms with E-state index in [0.29, 0.717) is 12.1 Å². The van der Waals surface area contributed by atoms with Crippen LogP contribution in [0.1, 0.15) is 11.1 Å². The summed E-state index contributed by atoms with van der Waals surface area (Å²) >= 11 is 0. The van der Waals surface area contributed by atoms with E-state index < -0.39 is 0 Å². The van der Waals surface area contributed by atoms with Crippen molar-refractivity contribution >= 4 is 11.0 Å². The second-order valence-corrected chi connectivity index (χ2v) is 6.37. The minimum Gasteiger partial charge on any atom is -0.497 e. The number of nitrogens with two attached hydrogens (primary N) is 1. The number of aromatic nitrogens is 2. The van der Waals surface area contributed by atoms with E-state index in [0.717, 1.165) is 44.9 Å². The van der Waals surface area contributed by atoms with Crippen molar-refractivity contribution in [1.29, 1.82) is 5.26 Å². The standard InChI is InChI=1S/C23H18N4O/c1-28-19-9-7-18(8-10-19)22-23(17-5-2-15(13-24)3-6-17)27-21-12-16(14-25)4-11-20(21)26-22/h2-12H,14,25H2,1H3. The van der Waals surface area contributed by atoms with Gasteiger partial charge in [0.15, 0.2) is 0 Å². The molecular weight excluding hydrogens is 348 g/mol. The van der Waals surface area contributed by atoms with Crippen molar-refractivity contribution in [2.24, 2.45) is 5.73 Å².